The second kappa shape index (κ2) is 11.5. The monoisotopic (exact) mass is 500 g/mol. The summed E-state index contributed by atoms with van der Waals surface area (Å²) >= 11 is 1.22. The third kappa shape index (κ3) is 6.29. The van der Waals surface area contributed by atoms with Crippen molar-refractivity contribution in [3.63, 3.8) is 0 Å². The molecule has 0 fully saturated rings. The van der Waals surface area contributed by atoms with Crippen LogP contribution in [0.3, 0.4) is 0 Å². The van der Waals surface area contributed by atoms with Crippen LogP contribution in [0, 0.1) is 11.3 Å². The number of anilines is 1. The van der Waals surface area contributed by atoms with Crippen LogP contribution in [0.2, 0.25) is 0 Å². The SMILES string of the molecule is N#Cc1cc2c(nc1SCC(=O)Nc1ccc(C(=O)NCC(=O)O)cc1)CCC(c1ccccc1)C2. The average Bonchev–Trinajstić information content (AvgIpc) is 2.90. The van der Waals surface area contributed by atoms with Gasteiger partial charge in [-0.05, 0) is 66.6 Å². The Bertz CT molecular complexity index is 1320. The number of rotatable bonds is 8. The van der Waals surface area contributed by atoms with E-state index in [0.29, 0.717) is 22.2 Å². The van der Waals surface area contributed by atoms with Crippen LogP contribution in [0.5, 0.6) is 0 Å². The molecule has 182 valence electrons. The fraction of sp³-hybridized carbons (Fsp3) is 0.222. The quantitative estimate of drug-likeness (QED) is 0.401. The molecular weight excluding hydrogens is 476 g/mol. The summed E-state index contributed by atoms with van der Waals surface area (Å²) in [7, 11) is 0. The number of aliphatic carboxylic acids is 1. The molecular formula is C27H24N4O4S. The lowest BCUT2D eigenvalue weighted by atomic mass is 9.82. The van der Waals surface area contributed by atoms with Crippen molar-refractivity contribution < 1.29 is 19.5 Å². The van der Waals surface area contributed by atoms with Crippen LogP contribution in [0.4, 0.5) is 5.69 Å². The van der Waals surface area contributed by atoms with Crippen LogP contribution >= 0.6 is 11.8 Å². The van der Waals surface area contributed by atoms with Gasteiger partial charge in [-0.25, -0.2) is 4.98 Å². The number of nitrogens with one attached hydrogen (secondary N) is 2. The summed E-state index contributed by atoms with van der Waals surface area (Å²) < 4.78 is 0. The van der Waals surface area contributed by atoms with E-state index in [-0.39, 0.29) is 17.2 Å². The molecule has 0 bridgehead atoms. The van der Waals surface area contributed by atoms with Crippen molar-refractivity contribution in [1.29, 1.82) is 5.26 Å². The van der Waals surface area contributed by atoms with Gasteiger partial charge in [0.25, 0.3) is 5.91 Å². The lowest BCUT2D eigenvalue weighted by Crippen LogP contribution is -2.29. The van der Waals surface area contributed by atoms with E-state index in [4.69, 9.17) is 10.1 Å². The summed E-state index contributed by atoms with van der Waals surface area (Å²) in [4.78, 5) is 39.7. The number of benzene rings is 2. The zero-order valence-corrected chi connectivity index (χ0v) is 20.2. The standard InChI is InChI=1S/C27H24N4O4S/c28-14-21-13-20-12-19(17-4-2-1-3-5-17)8-11-23(20)31-27(21)36-16-24(32)30-22-9-6-18(7-10-22)26(35)29-15-25(33)34/h1-7,9-10,13,19H,8,11-12,15-16H2,(H,29,35)(H,30,32)(H,33,34). The normalized spacial score (nSPS) is 14.2. The number of carboxylic acids is 1. The number of carbonyl (C=O) groups is 3. The molecule has 3 N–H and O–H groups in total. The molecule has 0 radical (unpaired) electrons. The molecule has 2 aromatic carbocycles. The van der Waals surface area contributed by atoms with E-state index in [2.05, 4.69) is 28.8 Å². The van der Waals surface area contributed by atoms with Gasteiger partial charge in [-0.15, -0.1) is 0 Å². The van der Waals surface area contributed by atoms with Crippen LogP contribution in [0.15, 0.2) is 65.7 Å². The highest BCUT2D eigenvalue weighted by atomic mass is 32.2. The predicted molar refractivity (Wildman–Crippen MR) is 136 cm³/mol. The first-order valence-electron chi connectivity index (χ1n) is 11.4. The summed E-state index contributed by atoms with van der Waals surface area (Å²) in [6.07, 6.45) is 2.66. The van der Waals surface area contributed by atoms with Gasteiger partial charge in [0, 0.05) is 16.9 Å². The maximum absolute atomic E-state index is 12.5. The summed E-state index contributed by atoms with van der Waals surface area (Å²) in [5.74, 6) is -1.42. The topological polar surface area (TPSA) is 132 Å². The van der Waals surface area contributed by atoms with Gasteiger partial charge >= 0.3 is 5.97 Å². The number of hydrogen-bond acceptors (Lipinski definition) is 6. The highest BCUT2D eigenvalue weighted by Gasteiger charge is 2.23. The number of carbonyl (C=O) groups excluding carboxylic acids is 2. The third-order valence-electron chi connectivity index (χ3n) is 5.91. The Hall–Kier alpha value is -4.16. The molecule has 1 aliphatic carbocycles. The van der Waals surface area contributed by atoms with Crippen LogP contribution in [0.25, 0.3) is 0 Å². The number of carboxylic acid groups (broad SMARTS) is 1. The Morgan fingerprint density at radius 3 is 2.56 bits per heavy atom. The van der Waals surface area contributed by atoms with Crippen molar-refractivity contribution in [2.75, 3.05) is 17.6 Å². The van der Waals surface area contributed by atoms with E-state index in [9.17, 15) is 19.6 Å². The number of nitriles is 1. The van der Waals surface area contributed by atoms with Crippen molar-refractivity contribution >= 4 is 35.2 Å². The van der Waals surface area contributed by atoms with Gasteiger partial charge in [-0.1, -0.05) is 42.1 Å². The number of hydrogen-bond donors (Lipinski definition) is 3. The van der Waals surface area contributed by atoms with Crippen molar-refractivity contribution in [2.24, 2.45) is 0 Å². The first-order chi connectivity index (χ1) is 17.4. The second-order valence-electron chi connectivity index (χ2n) is 8.40. The Kier molecular flexibility index (Phi) is 7.98. The number of thioether (sulfide) groups is 1. The lowest BCUT2D eigenvalue weighted by molar-refractivity contribution is -0.135. The van der Waals surface area contributed by atoms with E-state index in [1.165, 1.54) is 29.5 Å². The third-order valence-corrected chi connectivity index (χ3v) is 6.91. The second-order valence-corrected chi connectivity index (χ2v) is 9.36. The van der Waals surface area contributed by atoms with Gasteiger partial charge in [-0.2, -0.15) is 5.26 Å². The van der Waals surface area contributed by atoms with E-state index >= 15 is 0 Å². The molecule has 4 rings (SSSR count). The Morgan fingerprint density at radius 2 is 1.86 bits per heavy atom. The summed E-state index contributed by atoms with van der Waals surface area (Å²) in [6, 6.07) is 20.6. The molecule has 3 aromatic rings. The molecule has 36 heavy (non-hydrogen) atoms. The smallest absolute Gasteiger partial charge is 0.322 e. The molecule has 2 amide bonds. The maximum atomic E-state index is 12.5. The minimum absolute atomic E-state index is 0.0773. The minimum Gasteiger partial charge on any atom is -0.480 e. The first-order valence-corrected chi connectivity index (χ1v) is 12.4. The number of aryl methyl sites for hydroxylation is 1. The zero-order chi connectivity index (χ0) is 25.5. The molecule has 1 atom stereocenters. The molecule has 9 heteroatoms. The first kappa shape index (κ1) is 24.9. The van der Waals surface area contributed by atoms with Crippen molar-refractivity contribution in [3.8, 4) is 6.07 Å². The number of nitrogens with zero attached hydrogens (tertiary/aromatic N) is 2. The van der Waals surface area contributed by atoms with E-state index in [1.54, 1.807) is 12.1 Å². The molecule has 0 spiro atoms. The number of aromatic nitrogens is 1. The van der Waals surface area contributed by atoms with Crippen molar-refractivity contribution in [2.45, 2.75) is 30.2 Å². The molecule has 1 aromatic heterocycles. The van der Waals surface area contributed by atoms with E-state index in [0.717, 1.165) is 30.5 Å². The Balaban J connectivity index is 1.35. The van der Waals surface area contributed by atoms with Crippen molar-refractivity contribution in [1.82, 2.24) is 10.3 Å². The van der Waals surface area contributed by atoms with Crippen LogP contribution in [0.1, 0.15) is 45.1 Å². The Labute approximate surface area is 212 Å². The van der Waals surface area contributed by atoms with Gasteiger partial charge in [-0.3, -0.25) is 14.4 Å². The molecule has 0 saturated heterocycles. The van der Waals surface area contributed by atoms with Crippen LogP contribution in [-0.2, 0) is 22.4 Å². The van der Waals surface area contributed by atoms with Crippen molar-refractivity contribution in [3.05, 3.63) is 88.6 Å². The van der Waals surface area contributed by atoms with E-state index < -0.39 is 18.4 Å². The number of pyridine rings is 1. The van der Waals surface area contributed by atoms with E-state index in [1.807, 2.05) is 24.3 Å². The van der Waals surface area contributed by atoms with Gasteiger partial charge in [0.2, 0.25) is 5.91 Å². The molecule has 1 unspecified atom stereocenters. The molecule has 0 aliphatic heterocycles. The van der Waals surface area contributed by atoms with Crippen LogP contribution in [-0.4, -0.2) is 40.2 Å². The van der Waals surface area contributed by atoms with Gasteiger partial charge in [0.05, 0.1) is 11.3 Å². The number of fused-ring (bicyclic) bond motifs is 1. The van der Waals surface area contributed by atoms with Gasteiger partial charge in [0.15, 0.2) is 0 Å². The molecule has 1 aliphatic rings. The zero-order valence-electron chi connectivity index (χ0n) is 19.4. The average molecular weight is 501 g/mol. The van der Waals surface area contributed by atoms with Gasteiger partial charge in [0.1, 0.15) is 17.6 Å². The molecule has 8 nitrogen and oxygen atoms in total. The molecule has 1 heterocycles. The number of amides is 2. The summed E-state index contributed by atoms with van der Waals surface area (Å²) in [6.45, 7) is -0.469. The summed E-state index contributed by atoms with van der Waals surface area (Å²) in [5.41, 5.74) is 4.63. The highest BCUT2D eigenvalue weighted by molar-refractivity contribution is 8.00. The maximum Gasteiger partial charge on any atom is 0.322 e. The molecule has 0 saturated carbocycles. The van der Waals surface area contributed by atoms with Gasteiger partial charge < -0.3 is 15.7 Å². The fourth-order valence-corrected chi connectivity index (χ4v) is 4.91. The minimum atomic E-state index is -1.13. The highest BCUT2D eigenvalue weighted by Crippen LogP contribution is 2.34. The largest absolute Gasteiger partial charge is 0.480 e. The summed E-state index contributed by atoms with van der Waals surface area (Å²) in [5, 5.41) is 23.9. The predicted octanol–water partition coefficient (Wildman–Crippen LogP) is 3.77. The lowest BCUT2D eigenvalue weighted by Gasteiger charge is -2.25. The Morgan fingerprint density at radius 1 is 1.11 bits per heavy atom. The fourth-order valence-electron chi connectivity index (χ4n) is 4.14. The van der Waals surface area contributed by atoms with Crippen LogP contribution < -0.4 is 10.6 Å².